The van der Waals surface area contributed by atoms with Crippen LogP contribution in [0.25, 0.3) is 5.65 Å². The maximum Gasteiger partial charge on any atom is 0.358 e. The molecule has 0 aliphatic carbocycles. The molecule has 0 amide bonds. The van der Waals surface area contributed by atoms with Crippen molar-refractivity contribution in [3.8, 4) is 0 Å². The van der Waals surface area contributed by atoms with Crippen LogP contribution in [-0.2, 0) is 9.47 Å². The summed E-state index contributed by atoms with van der Waals surface area (Å²) < 4.78 is 12.3. The second-order valence-corrected chi connectivity index (χ2v) is 5.34. The van der Waals surface area contributed by atoms with Gasteiger partial charge in [-0.1, -0.05) is 13.8 Å². The van der Waals surface area contributed by atoms with Crippen LogP contribution in [0.3, 0.4) is 0 Å². The third kappa shape index (κ3) is 3.08. The van der Waals surface area contributed by atoms with Gasteiger partial charge in [0.25, 0.3) is 0 Å². The predicted molar refractivity (Wildman–Crippen MR) is 80.7 cm³/mol. The summed E-state index contributed by atoms with van der Waals surface area (Å²) in [7, 11) is 1.67. The zero-order valence-electron chi connectivity index (χ0n) is 13.2. The molecule has 0 spiro atoms. The molecule has 5 nitrogen and oxygen atoms in total. The lowest BCUT2D eigenvalue weighted by Crippen LogP contribution is -2.05. The lowest BCUT2D eigenvalue weighted by molar-refractivity contribution is 0.0520. The zero-order valence-corrected chi connectivity index (χ0v) is 13.2. The van der Waals surface area contributed by atoms with E-state index in [1.165, 1.54) is 5.56 Å². The first-order valence-electron chi connectivity index (χ1n) is 7.20. The van der Waals surface area contributed by atoms with Gasteiger partial charge in [0, 0.05) is 25.1 Å². The molecule has 2 heterocycles. The number of fused-ring (bicyclic) bond motifs is 1. The van der Waals surface area contributed by atoms with Crippen molar-refractivity contribution in [2.75, 3.05) is 13.7 Å². The van der Waals surface area contributed by atoms with Crippen molar-refractivity contribution in [2.24, 2.45) is 0 Å². The first-order valence-corrected chi connectivity index (χ1v) is 7.20. The number of nitrogens with zero attached hydrogens (tertiary/aromatic N) is 2. The molecular weight excluding hydrogens is 268 g/mol. The Balaban J connectivity index is 2.60. The minimum atomic E-state index is -0.400. The number of pyridine rings is 1. The average molecular weight is 290 g/mol. The Kier molecular flexibility index (Phi) is 4.63. The number of hydrogen-bond acceptors (Lipinski definition) is 4. The van der Waals surface area contributed by atoms with Crippen molar-refractivity contribution in [1.82, 2.24) is 9.38 Å². The fourth-order valence-electron chi connectivity index (χ4n) is 2.19. The molecule has 0 aliphatic heterocycles. The normalized spacial score (nSPS) is 12.9. The number of esters is 1. The van der Waals surface area contributed by atoms with Crippen LogP contribution in [0.1, 0.15) is 61.3 Å². The summed E-state index contributed by atoms with van der Waals surface area (Å²) in [6.07, 6.45) is 3.62. The van der Waals surface area contributed by atoms with Crippen LogP contribution in [0.4, 0.5) is 0 Å². The molecule has 0 N–H and O–H groups in total. The Bertz CT molecular complexity index is 646. The third-order valence-corrected chi connectivity index (χ3v) is 3.54. The van der Waals surface area contributed by atoms with Crippen molar-refractivity contribution < 1.29 is 14.3 Å². The van der Waals surface area contributed by atoms with Crippen LogP contribution in [-0.4, -0.2) is 29.1 Å². The smallest absolute Gasteiger partial charge is 0.358 e. The molecule has 0 fully saturated rings. The summed E-state index contributed by atoms with van der Waals surface area (Å²) in [4.78, 5) is 16.3. The fourth-order valence-corrected chi connectivity index (χ4v) is 2.19. The second-order valence-electron chi connectivity index (χ2n) is 5.34. The molecule has 5 heteroatoms. The van der Waals surface area contributed by atoms with Gasteiger partial charge in [0.15, 0.2) is 5.69 Å². The van der Waals surface area contributed by atoms with E-state index >= 15 is 0 Å². The van der Waals surface area contributed by atoms with E-state index in [1.807, 2.05) is 17.5 Å². The van der Waals surface area contributed by atoms with Crippen molar-refractivity contribution in [3.05, 3.63) is 35.3 Å². The van der Waals surface area contributed by atoms with E-state index < -0.39 is 5.97 Å². The summed E-state index contributed by atoms with van der Waals surface area (Å²) in [6.45, 7) is 8.35. The van der Waals surface area contributed by atoms with E-state index in [0.29, 0.717) is 18.2 Å². The number of methoxy groups -OCH3 is 1. The molecule has 2 aromatic heterocycles. The fraction of sp³-hybridized carbons (Fsp3) is 0.500. The minimum Gasteiger partial charge on any atom is -0.461 e. The molecule has 114 valence electrons. The third-order valence-electron chi connectivity index (χ3n) is 3.54. The first-order chi connectivity index (χ1) is 9.97. The summed E-state index contributed by atoms with van der Waals surface area (Å²) in [5.41, 5.74) is 3.20. The van der Waals surface area contributed by atoms with Crippen LogP contribution < -0.4 is 0 Å². The number of aromatic nitrogens is 2. The van der Waals surface area contributed by atoms with Crippen molar-refractivity contribution in [1.29, 1.82) is 0 Å². The highest BCUT2D eigenvalue weighted by Crippen LogP contribution is 2.26. The van der Waals surface area contributed by atoms with Crippen LogP contribution in [0.5, 0.6) is 0 Å². The Morgan fingerprint density at radius 1 is 1.33 bits per heavy atom. The highest BCUT2D eigenvalue weighted by Gasteiger charge is 2.18. The quantitative estimate of drug-likeness (QED) is 0.792. The molecule has 0 bridgehead atoms. The van der Waals surface area contributed by atoms with Crippen molar-refractivity contribution in [3.63, 3.8) is 0 Å². The van der Waals surface area contributed by atoms with Crippen LogP contribution in [0, 0.1) is 0 Å². The van der Waals surface area contributed by atoms with Gasteiger partial charge in [0.1, 0.15) is 5.65 Å². The van der Waals surface area contributed by atoms with E-state index in [9.17, 15) is 4.79 Å². The number of rotatable bonds is 5. The predicted octanol–water partition coefficient (Wildman–Crippen LogP) is 3.34. The summed E-state index contributed by atoms with van der Waals surface area (Å²) >= 11 is 0. The van der Waals surface area contributed by atoms with E-state index in [2.05, 4.69) is 24.9 Å². The Morgan fingerprint density at radius 3 is 2.62 bits per heavy atom. The maximum atomic E-state index is 11.9. The minimum absolute atomic E-state index is 0.0938. The van der Waals surface area contributed by atoms with Crippen LogP contribution >= 0.6 is 0 Å². The molecule has 0 unspecified atom stereocenters. The second kappa shape index (κ2) is 6.26. The van der Waals surface area contributed by atoms with Crippen LogP contribution in [0.15, 0.2) is 18.5 Å². The van der Waals surface area contributed by atoms with Crippen LogP contribution in [0.2, 0.25) is 0 Å². The monoisotopic (exact) mass is 290 g/mol. The van der Waals surface area contributed by atoms with Gasteiger partial charge in [0.2, 0.25) is 0 Å². The van der Waals surface area contributed by atoms with Gasteiger partial charge in [0.05, 0.1) is 12.7 Å². The van der Waals surface area contributed by atoms with Gasteiger partial charge in [-0.2, -0.15) is 0 Å². The highest BCUT2D eigenvalue weighted by atomic mass is 16.5. The number of ether oxygens (including phenoxy) is 2. The SMILES string of the molecule is CCOC(=O)c1cn2cc(C(C)C)cc([C@@H](C)OC)c2n1. The Hall–Kier alpha value is -1.88. The summed E-state index contributed by atoms with van der Waals surface area (Å²) in [5.74, 6) is -0.0195. The summed E-state index contributed by atoms with van der Waals surface area (Å²) in [6, 6.07) is 2.09. The Morgan fingerprint density at radius 2 is 2.05 bits per heavy atom. The largest absolute Gasteiger partial charge is 0.461 e. The molecule has 0 aliphatic rings. The number of carbonyl (C=O) groups excluding carboxylic acids is 1. The van der Waals surface area contributed by atoms with Gasteiger partial charge in [-0.05, 0) is 31.4 Å². The highest BCUT2D eigenvalue weighted by molar-refractivity contribution is 5.88. The molecule has 1 atom stereocenters. The lowest BCUT2D eigenvalue weighted by atomic mass is 10.0. The number of hydrogen-bond donors (Lipinski definition) is 0. The maximum absolute atomic E-state index is 11.9. The molecule has 0 radical (unpaired) electrons. The lowest BCUT2D eigenvalue weighted by Gasteiger charge is -2.14. The molecule has 2 aromatic rings. The van der Waals surface area contributed by atoms with Gasteiger partial charge in [-0.25, -0.2) is 9.78 Å². The van der Waals surface area contributed by atoms with Gasteiger partial charge in [-0.3, -0.25) is 0 Å². The molecule has 0 saturated heterocycles. The Labute approximate surface area is 124 Å². The molecule has 21 heavy (non-hydrogen) atoms. The van der Waals surface area contributed by atoms with E-state index in [-0.39, 0.29) is 6.10 Å². The van der Waals surface area contributed by atoms with Crippen molar-refractivity contribution >= 4 is 11.6 Å². The number of carbonyl (C=O) groups is 1. The molecule has 0 aromatic carbocycles. The zero-order chi connectivity index (χ0) is 15.6. The molecule has 0 saturated carbocycles. The topological polar surface area (TPSA) is 52.8 Å². The number of imidazole rings is 1. The molecule has 2 rings (SSSR count). The van der Waals surface area contributed by atoms with Crippen molar-refractivity contribution in [2.45, 2.75) is 39.7 Å². The van der Waals surface area contributed by atoms with Gasteiger partial charge >= 0.3 is 5.97 Å². The van der Waals surface area contributed by atoms with E-state index in [0.717, 1.165) is 11.2 Å². The molecular formula is C16H22N2O3. The van der Waals surface area contributed by atoms with E-state index in [1.54, 1.807) is 20.2 Å². The van der Waals surface area contributed by atoms with Gasteiger partial charge in [-0.15, -0.1) is 0 Å². The standard InChI is InChI=1S/C16H22N2O3/c1-6-21-16(19)14-9-18-8-12(10(2)3)7-13(11(4)20-5)15(18)17-14/h7-11H,6H2,1-5H3/t11-/m1/s1. The van der Waals surface area contributed by atoms with E-state index in [4.69, 9.17) is 9.47 Å². The first kappa shape index (κ1) is 15.5. The van der Waals surface area contributed by atoms with Gasteiger partial charge < -0.3 is 13.9 Å². The summed E-state index contributed by atoms with van der Waals surface area (Å²) in [5, 5.41) is 0. The average Bonchev–Trinajstić information content (AvgIpc) is 2.89.